The van der Waals surface area contributed by atoms with Crippen LogP contribution >= 0.6 is 11.6 Å². The number of para-hydroxylation sites is 1. The molecule has 1 aliphatic rings. The quantitative estimate of drug-likeness (QED) is 0.943. The third-order valence-corrected chi connectivity index (χ3v) is 3.63. The lowest BCUT2D eigenvalue weighted by Gasteiger charge is -2.09. The number of carbonyl (C=O) groups is 1. The number of hydrogen-bond donors (Lipinski definition) is 1. The maximum absolute atomic E-state index is 12.1. The molecule has 1 aliphatic heterocycles. The van der Waals surface area contributed by atoms with Gasteiger partial charge >= 0.3 is 0 Å². The molecule has 2 aromatic carbocycles. The molecule has 22 heavy (non-hydrogen) atoms. The molecule has 0 saturated heterocycles. The first-order chi connectivity index (χ1) is 10.6. The zero-order valence-corrected chi connectivity index (χ0v) is 12.8. The van der Waals surface area contributed by atoms with Gasteiger partial charge in [-0.15, -0.1) is 0 Å². The zero-order valence-electron chi connectivity index (χ0n) is 12.0. The highest BCUT2D eigenvalue weighted by Crippen LogP contribution is 2.38. The van der Waals surface area contributed by atoms with Crippen molar-refractivity contribution < 1.29 is 14.3 Å². The summed E-state index contributed by atoms with van der Waals surface area (Å²) in [7, 11) is 3.04. The second-order valence-electron chi connectivity index (χ2n) is 4.62. The molecular formula is C16H13ClN2O3. The molecule has 0 spiro atoms. The normalized spacial score (nSPS) is 14.7. The summed E-state index contributed by atoms with van der Waals surface area (Å²) in [6.45, 7) is 0. The van der Waals surface area contributed by atoms with Crippen LogP contribution < -0.4 is 14.8 Å². The number of benzene rings is 2. The number of rotatable bonds is 3. The predicted octanol–water partition coefficient (Wildman–Crippen LogP) is 3.43. The minimum absolute atomic E-state index is 0.254. The Balaban J connectivity index is 2.13. The first kappa shape index (κ1) is 14.4. The van der Waals surface area contributed by atoms with Gasteiger partial charge in [-0.2, -0.15) is 0 Å². The Morgan fingerprint density at radius 3 is 2.55 bits per heavy atom. The van der Waals surface area contributed by atoms with Crippen LogP contribution in [0.5, 0.6) is 11.5 Å². The molecule has 0 saturated carbocycles. The summed E-state index contributed by atoms with van der Waals surface area (Å²) in [6, 6.07) is 10.6. The number of aliphatic imine (C=N–C) groups is 1. The number of hydrogen-bond acceptors (Lipinski definition) is 4. The van der Waals surface area contributed by atoms with Crippen LogP contribution in [0.1, 0.15) is 5.56 Å². The number of nitrogens with one attached hydrogen (secondary N) is 1. The Kier molecular flexibility index (Phi) is 3.73. The van der Waals surface area contributed by atoms with Gasteiger partial charge in [0.1, 0.15) is 22.9 Å². The predicted molar refractivity (Wildman–Crippen MR) is 85.8 cm³/mol. The zero-order chi connectivity index (χ0) is 15.7. The average molecular weight is 317 g/mol. The van der Waals surface area contributed by atoms with E-state index in [1.807, 2.05) is 24.3 Å². The van der Waals surface area contributed by atoms with Crippen molar-refractivity contribution in [1.29, 1.82) is 0 Å². The van der Waals surface area contributed by atoms with Crippen LogP contribution in [0.25, 0.3) is 0 Å². The monoisotopic (exact) mass is 316 g/mol. The van der Waals surface area contributed by atoms with Crippen LogP contribution in [0.3, 0.4) is 0 Å². The lowest BCUT2D eigenvalue weighted by atomic mass is 10.1. The van der Waals surface area contributed by atoms with E-state index >= 15 is 0 Å². The number of fused-ring (bicyclic) bond motifs is 1. The Labute approximate surface area is 132 Å². The smallest absolute Gasteiger partial charge is 0.275 e. The van der Waals surface area contributed by atoms with Crippen LogP contribution in [0, 0.1) is 0 Å². The van der Waals surface area contributed by atoms with Crippen LogP contribution in [0.15, 0.2) is 41.4 Å². The fourth-order valence-electron chi connectivity index (χ4n) is 2.27. The molecule has 2 aromatic rings. The van der Waals surface area contributed by atoms with Gasteiger partial charge in [0.25, 0.3) is 5.91 Å². The van der Waals surface area contributed by atoms with Gasteiger partial charge < -0.3 is 14.8 Å². The first-order valence-corrected chi connectivity index (χ1v) is 6.93. The molecule has 0 radical (unpaired) electrons. The van der Waals surface area contributed by atoms with Crippen LogP contribution in [-0.4, -0.2) is 25.8 Å². The maximum atomic E-state index is 12.1. The maximum Gasteiger partial charge on any atom is 0.275 e. The van der Waals surface area contributed by atoms with Crippen molar-refractivity contribution in [2.45, 2.75) is 0 Å². The Morgan fingerprint density at radius 2 is 1.82 bits per heavy atom. The van der Waals surface area contributed by atoms with Gasteiger partial charge in [0.05, 0.1) is 24.9 Å². The Hall–Kier alpha value is -2.53. The Bertz CT molecular complexity index is 787. The first-order valence-electron chi connectivity index (χ1n) is 6.55. The SMILES string of the molecule is COc1cc(OC)c(N=C2C(=O)Nc3ccccc32)cc1Cl. The highest BCUT2D eigenvalue weighted by atomic mass is 35.5. The third-order valence-electron chi connectivity index (χ3n) is 3.33. The van der Waals surface area contributed by atoms with E-state index in [0.29, 0.717) is 27.9 Å². The molecule has 112 valence electrons. The van der Waals surface area contributed by atoms with E-state index in [-0.39, 0.29) is 5.91 Å². The van der Waals surface area contributed by atoms with E-state index in [4.69, 9.17) is 21.1 Å². The molecule has 0 bridgehead atoms. The van der Waals surface area contributed by atoms with Crippen molar-refractivity contribution in [3.63, 3.8) is 0 Å². The number of halogens is 1. The summed E-state index contributed by atoms with van der Waals surface area (Å²) in [5.74, 6) is 0.708. The second kappa shape index (κ2) is 5.69. The van der Waals surface area contributed by atoms with E-state index in [9.17, 15) is 4.79 Å². The van der Waals surface area contributed by atoms with Crippen molar-refractivity contribution >= 4 is 34.6 Å². The molecule has 1 heterocycles. The van der Waals surface area contributed by atoms with E-state index in [1.54, 1.807) is 12.1 Å². The number of nitrogens with zero attached hydrogens (tertiary/aromatic N) is 1. The molecule has 3 rings (SSSR count). The van der Waals surface area contributed by atoms with E-state index in [0.717, 1.165) is 11.3 Å². The summed E-state index contributed by atoms with van der Waals surface area (Å²) >= 11 is 6.13. The molecule has 0 fully saturated rings. The van der Waals surface area contributed by atoms with Crippen LogP contribution in [-0.2, 0) is 4.79 Å². The van der Waals surface area contributed by atoms with Crippen LogP contribution in [0.2, 0.25) is 5.02 Å². The second-order valence-corrected chi connectivity index (χ2v) is 5.03. The largest absolute Gasteiger partial charge is 0.495 e. The fraction of sp³-hybridized carbons (Fsp3) is 0.125. The van der Waals surface area contributed by atoms with Crippen molar-refractivity contribution in [2.75, 3.05) is 19.5 Å². The number of ether oxygens (including phenoxy) is 2. The lowest BCUT2D eigenvalue weighted by Crippen LogP contribution is -2.14. The summed E-state index contributed by atoms with van der Waals surface area (Å²) < 4.78 is 10.4. The van der Waals surface area contributed by atoms with Gasteiger partial charge in [-0.3, -0.25) is 4.79 Å². The highest BCUT2D eigenvalue weighted by Gasteiger charge is 2.26. The molecule has 1 N–H and O–H groups in total. The number of carbonyl (C=O) groups excluding carboxylic acids is 1. The standard InChI is InChI=1S/C16H13ClN2O3/c1-21-13-8-14(22-2)12(7-10(13)17)18-15-9-5-3-4-6-11(9)19-16(15)20/h3-8H,1-2H3,(H,18,19,20). The van der Waals surface area contributed by atoms with E-state index in [2.05, 4.69) is 10.3 Å². The molecule has 6 heteroatoms. The number of amides is 1. The Morgan fingerprint density at radius 1 is 1.09 bits per heavy atom. The van der Waals surface area contributed by atoms with Crippen LogP contribution in [0.4, 0.5) is 11.4 Å². The van der Waals surface area contributed by atoms with E-state index < -0.39 is 0 Å². The van der Waals surface area contributed by atoms with Gasteiger partial charge in [-0.25, -0.2) is 4.99 Å². The summed E-state index contributed by atoms with van der Waals surface area (Å²) in [4.78, 5) is 16.5. The molecule has 1 amide bonds. The molecular weight excluding hydrogens is 304 g/mol. The minimum atomic E-state index is -0.254. The summed E-state index contributed by atoms with van der Waals surface area (Å²) in [5, 5.41) is 3.17. The third kappa shape index (κ3) is 2.40. The van der Waals surface area contributed by atoms with Gasteiger partial charge in [-0.05, 0) is 12.1 Å². The van der Waals surface area contributed by atoms with Gasteiger partial charge in [0, 0.05) is 11.6 Å². The molecule has 5 nitrogen and oxygen atoms in total. The summed E-state index contributed by atoms with van der Waals surface area (Å²) in [5.41, 5.74) is 2.29. The van der Waals surface area contributed by atoms with Crippen molar-refractivity contribution in [1.82, 2.24) is 0 Å². The van der Waals surface area contributed by atoms with E-state index in [1.165, 1.54) is 14.2 Å². The number of methoxy groups -OCH3 is 2. The average Bonchev–Trinajstić information content (AvgIpc) is 2.84. The molecule has 0 unspecified atom stereocenters. The summed E-state index contributed by atoms with van der Waals surface area (Å²) in [6.07, 6.45) is 0. The lowest BCUT2D eigenvalue weighted by molar-refractivity contribution is -0.110. The highest BCUT2D eigenvalue weighted by molar-refractivity contribution is 6.54. The van der Waals surface area contributed by atoms with Gasteiger partial charge in [-0.1, -0.05) is 29.8 Å². The van der Waals surface area contributed by atoms with Gasteiger partial charge in [0.15, 0.2) is 0 Å². The fourth-order valence-corrected chi connectivity index (χ4v) is 2.50. The van der Waals surface area contributed by atoms with Crippen molar-refractivity contribution in [3.8, 4) is 11.5 Å². The van der Waals surface area contributed by atoms with Crippen molar-refractivity contribution in [2.24, 2.45) is 4.99 Å². The minimum Gasteiger partial charge on any atom is -0.495 e. The molecule has 0 aliphatic carbocycles. The van der Waals surface area contributed by atoms with Crippen molar-refractivity contribution in [3.05, 3.63) is 47.0 Å². The topological polar surface area (TPSA) is 59.9 Å². The number of anilines is 1. The molecule has 0 aromatic heterocycles. The molecule has 0 atom stereocenters. The van der Waals surface area contributed by atoms with Gasteiger partial charge in [0.2, 0.25) is 0 Å².